The van der Waals surface area contributed by atoms with Gasteiger partial charge in [-0.25, -0.2) is 4.98 Å². The third kappa shape index (κ3) is 1.09. The third-order valence-electron chi connectivity index (χ3n) is 2.44. The summed E-state index contributed by atoms with van der Waals surface area (Å²) in [6.07, 6.45) is 1.88. The molecule has 0 saturated heterocycles. The van der Waals surface area contributed by atoms with Crippen molar-refractivity contribution in [1.82, 2.24) is 9.38 Å². The van der Waals surface area contributed by atoms with E-state index in [1.165, 1.54) is 0 Å². The Morgan fingerprint density at radius 2 is 2.07 bits per heavy atom. The molecule has 0 aliphatic carbocycles. The van der Waals surface area contributed by atoms with Crippen LogP contribution in [0.15, 0.2) is 42.6 Å². The molecule has 3 rings (SSSR count). The van der Waals surface area contributed by atoms with Crippen LogP contribution in [0.3, 0.4) is 0 Å². The zero-order chi connectivity index (χ0) is 10.3. The fourth-order valence-electron chi connectivity index (χ4n) is 1.73. The lowest BCUT2D eigenvalue weighted by Gasteiger charge is -1.94. The monoisotopic (exact) mass is 193 g/mol. The molecule has 3 aromatic rings. The fourth-order valence-corrected chi connectivity index (χ4v) is 1.73. The molecule has 0 bridgehead atoms. The van der Waals surface area contributed by atoms with E-state index in [2.05, 4.69) is 11.1 Å². The highest BCUT2D eigenvalue weighted by molar-refractivity contribution is 5.80. The van der Waals surface area contributed by atoms with Gasteiger partial charge in [-0.05, 0) is 24.3 Å². The van der Waals surface area contributed by atoms with E-state index in [1.54, 1.807) is 12.1 Å². The quantitative estimate of drug-likeness (QED) is 0.550. The molecule has 0 fully saturated rings. The number of aromatic nitrogens is 2. The number of nitriles is 1. The molecule has 3 heteroatoms. The maximum Gasteiger partial charge on any atom is 0.139 e. The van der Waals surface area contributed by atoms with Gasteiger partial charge in [0.05, 0.1) is 22.7 Å². The molecule has 0 spiro atoms. The van der Waals surface area contributed by atoms with Crippen molar-refractivity contribution in [2.75, 3.05) is 0 Å². The molecule has 0 amide bonds. The molecule has 0 N–H and O–H groups in total. The van der Waals surface area contributed by atoms with Gasteiger partial charge in [-0.1, -0.05) is 12.1 Å². The van der Waals surface area contributed by atoms with Crippen LogP contribution in [-0.4, -0.2) is 9.38 Å². The average Bonchev–Trinajstić information content (AvgIpc) is 2.66. The van der Waals surface area contributed by atoms with Gasteiger partial charge in [-0.2, -0.15) is 5.26 Å². The summed E-state index contributed by atoms with van der Waals surface area (Å²) in [6, 6.07) is 13.6. The van der Waals surface area contributed by atoms with Crippen LogP contribution in [0.5, 0.6) is 0 Å². The van der Waals surface area contributed by atoms with Crippen molar-refractivity contribution >= 4 is 16.7 Å². The van der Waals surface area contributed by atoms with Crippen LogP contribution < -0.4 is 0 Å². The van der Waals surface area contributed by atoms with Crippen LogP contribution >= 0.6 is 0 Å². The van der Waals surface area contributed by atoms with Gasteiger partial charge in [-0.3, -0.25) is 4.40 Å². The summed E-state index contributed by atoms with van der Waals surface area (Å²) in [7, 11) is 0. The maximum absolute atomic E-state index is 8.78. The van der Waals surface area contributed by atoms with Crippen LogP contribution in [0.1, 0.15) is 5.56 Å². The first kappa shape index (κ1) is 8.01. The highest BCUT2D eigenvalue weighted by atomic mass is 15.0. The number of benzene rings is 1. The summed E-state index contributed by atoms with van der Waals surface area (Å²) in [6.45, 7) is 0. The van der Waals surface area contributed by atoms with E-state index in [0.29, 0.717) is 5.56 Å². The van der Waals surface area contributed by atoms with Gasteiger partial charge in [-0.15, -0.1) is 0 Å². The molecule has 70 valence electrons. The smallest absolute Gasteiger partial charge is 0.139 e. The SMILES string of the molecule is N#Cc1ccn2c(c1)nc1ccccc12. The minimum atomic E-state index is 0.637. The molecule has 3 nitrogen and oxygen atoms in total. The second-order valence-electron chi connectivity index (χ2n) is 3.36. The number of para-hydroxylation sites is 2. The molecular weight excluding hydrogens is 186 g/mol. The van der Waals surface area contributed by atoms with Crippen molar-refractivity contribution < 1.29 is 0 Å². The fraction of sp³-hybridized carbons (Fsp3) is 0. The number of hydrogen-bond acceptors (Lipinski definition) is 2. The minimum Gasteiger partial charge on any atom is -0.300 e. The topological polar surface area (TPSA) is 41.1 Å². The average molecular weight is 193 g/mol. The summed E-state index contributed by atoms with van der Waals surface area (Å²) in [5.41, 5.74) is 3.47. The number of hydrogen-bond donors (Lipinski definition) is 0. The molecule has 2 aromatic heterocycles. The van der Waals surface area contributed by atoms with Crippen molar-refractivity contribution in [2.45, 2.75) is 0 Å². The second kappa shape index (κ2) is 2.82. The number of fused-ring (bicyclic) bond motifs is 3. The molecule has 0 aliphatic rings. The van der Waals surface area contributed by atoms with E-state index < -0.39 is 0 Å². The van der Waals surface area contributed by atoms with E-state index in [0.717, 1.165) is 16.7 Å². The standard InChI is InChI=1S/C12H7N3/c13-8-9-5-6-15-11-4-2-1-3-10(11)14-12(15)7-9/h1-7H. The number of pyridine rings is 1. The molecule has 0 aliphatic heterocycles. The lowest BCUT2D eigenvalue weighted by molar-refractivity contribution is 1.22. The van der Waals surface area contributed by atoms with Crippen molar-refractivity contribution in [1.29, 1.82) is 5.26 Å². The van der Waals surface area contributed by atoms with E-state index in [1.807, 2.05) is 34.9 Å². The Hall–Kier alpha value is -2.34. The van der Waals surface area contributed by atoms with Gasteiger partial charge >= 0.3 is 0 Å². The van der Waals surface area contributed by atoms with E-state index >= 15 is 0 Å². The number of nitrogens with zero attached hydrogens (tertiary/aromatic N) is 3. The molecule has 0 saturated carbocycles. The second-order valence-corrected chi connectivity index (χ2v) is 3.36. The predicted octanol–water partition coefficient (Wildman–Crippen LogP) is 2.36. The van der Waals surface area contributed by atoms with Gasteiger partial charge < -0.3 is 0 Å². The number of rotatable bonds is 0. The van der Waals surface area contributed by atoms with Crippen LogP contribution in [-0.2, 0) is 0 Å². The summed E-state index contributed by atoms with van der Waals surface area (Å²) in [4.78, 5) is 4.44. The van der Waals surface area contributed by atoms with Crippen LogP contribution in [0.25, 0.3) is 16.7 Å². The first-order valence-corrected chi connectivity index (χ1v) is 4.65. The molecule has 0 atom stereocenters. The highest BCUT2D eigenvalue weighted by Crippen LogP contribution is 2.16. The first-order chi connectivity index (χ1) is 7.38. The Labute approximate surface area is 86.2 Å². The van der Waals surface area contributed by atoms with Crippen LogP contribution in [0.4, 0.5) is 0 Å². The zero-order valence-electron chi connectivity index (χ0n) is 7.88. The first-order valence-electron chi connectivity index (χ1n) is 4.65. The molecular formula is C12H7N3. The molecule has 2 heterocycles. The Balaban J connectivity index is 2.50. The largest absolute Gasteiger partial charge is 0.300 e. The molecule has 0 unspecified atom stereocenters. The van der Waals surface area contributed by atoms with Crippen LogP contribution in [0, 0.1) is 11.3 Å². The summed E-state index contributed by atoms with van der Waals surface area (Å²) >= 11 is 0. The third-order valence-corrected chi connectivity index (χ3v) is 2.44. The summed E-state index contributed by atoms with van der Waals surface area (Å²) < 4.78 is 1.98. The Kier molecular flexibility index (Phi) is 1.51. The summed E-state index contributed by atoms with van der Waals surface area (Å²) in [5, 5.41) is 8.78. The lowest BCUT2D eigenvalue weighted by Crippen LogP contribution is -1.84. The van der Waals surface area contributed by atoms with Crippen molar-refractivity contribution in [3.63, 3.8) is 0 Å². The predicted molar refractivity (Wildman–Crippen MR) is 57.4 cm³/mol. The minimum absolute atomic E-state index is 0.637. The van der Waals surface area contributed by atoms with Crippen LogP contribution in [0.2, 0.25) is 0 Å². The Morgan fingerprint density at radius 1 is 1.20 bits per heavy atom. The zero-order valence-corrected chi connectivity index (χ0v) is 7.88. The van der Waals surface area contributed by atoms with Gasteiger partial charge in [0.25, 0.3) is 0 Å². The van der Waals surface area contributed by atoms with Crippen molar-refractivity contribution in [2.24, 2.45) is 0 Å². The Bertz CT molecular complexity index is 689. The van der Waals surface area contributed by atoms with Gasteiger partial charge in [0.15, 0.2) is 0 Å². The lowest BCUT2D eigenvalue weighted by atomic mass is 10.3. The normalized spacial score (nSPS) is 10.6. The Morgan fingerprint density at radius 3 is 2.93 bits per heavy atom. The molecule has 15 heavy (non-hydrogen) atoms. The van der Waals surface area contributed by atoms with E-state index in [9.17, 15) is 0 Å². The summed E-state index contributed by atoms with van der Waals surface area (Å²) in [5.74, 6) is 0. The van der Waals surface area contributed by atoms with Gasteiger partial charge in [0, 0.05) is 6.20 Å². The van der Waals surface area contributed by atoms with E-state index in [4.69, 9.17) is 5.26 Å². The highest BCUT2D eigenvalue weighted by Gasteiger charge is 2.03. The van der Waals surface area contributed by atoms with Crippen molar-refractivity contribution in [3.05, 3.63) is 48.2 Å². The van der Waals surface area contributed by atoms with Gasteiger partial charge in [0.1, 0.15) is 5.65 Å². The maximum atomic E-state index is 8.78. The van der Waals surface area contributed by atoms with Crippen molar-refractivity contribution in [3.8, 4) is 6.07 Å². The van der Waals surface area contributed by atoms with Gasteiger partial charge in [0.2, 0.25) is 0 Å². The molecule has 0 radical (unpaired) electrons. The molecule has 1 aromatic carbocycles. The van der Waals surface area contributed by atoms with E-state index in [-0.39, 0.29) is 0 Å². The number of imidazole rings is 1.